The van der Waals surface area contributed by atoms with Gasteiger partial charge in [-0.3, -0.25) is 4.57 Å². The molecule has 0 spiro atoms. The zero-order valence-electron chi connectivity index (χ0n) is 13.9. The number of aliphatic hydroxyl groups excluding tert-OH is 3. The number of aromatic nitrogens is 4. The lowest BCUT2D eigenvalue weighted by Gasteiger charge is -2.33. The second-order valence-electron chi connectivity index (χ2n) is 6.54. The fraction of sp³-hybridized carbons (Fsp3) is 0.667. The number of aliphatic hydroxyl groups is 3. The molecule has 2 saturated heterocycles. The minimum atomic E-state index is -1.17. The van der Waals surface area contributed by atoms with E-state index >= 15 is 0 Å². The molecule has 0 aliphatic carbocycles. The molecule has 2 fully saturated rings. The molecule has 2 aromatic heterocycles. The lowest BCUT2D eigenvalue weighted by molar-refractivity contribution is -0.0511. The van der Waals surface area contributed by atoms with Crippen LogP contribution in [-0.2, 0) is 4.74 Å². The smallest absolute Gasteiger partial charge is 0.167 e. The van der Waals surface area contributed by atoms with Crippen molar-refractivity contribution in [3.8, 4) is 0 Å². The van der Waals surface area contributed by atoms with Gasteiger partial charge >= 0.3 is 0 Å². The van der Waals surface area contributed by atoms with E-state index in [0.717, 1.165) is 32.0 Å². The quantitative estimate of drug-likeness (QED) is 0.588. The van der Waals surface area contributed by atoms with Gasteiger partial charge in [-0.15, -0.1) is 0 Å². The maximum atomic E-state index is 10.2. The van der Waals surface area contributed by atoms with E-state index in [1.807, 2.05) is 0 Å². The lowest BCUT2D eigenvalue weighted by atomic mass is 10.1. The van der Waals surface area contributed by atoms with Gasteiger partial charge in [-0.1, -0.05) is 0 Å². The summed E-state index contributed by atoms with van der Waals surface area (Å²) in [5, 5.41) is 29.5. The van der Waals surface area contributed by atoms with E-state index in [9.17, 15) is 15.3 Å². The van der Waals surface area contributed by atoms with Gasteiger partial charge in [-0.25, -0.2) is 15.0 Å². The van der Waals surface area contributed by atoms with E-state index < -0.39 is 24.5 Å². The molecule has 2 aliphatic heterocycles. The number of imidazole rings is 1. The maximum absolute atomic E-state index is 10.2. The number of fused-ring (bicyclic) bond motifs is 1. The Morgan fingerprint density at radius 2 is 1.88 bits per heavy atom. The predicted octanol–water partition coefficient (Wildman–Crippen LogP) is -1.81. The summed E-state index contributed by atoms with van der Waals surface area (Å²) in [6, 6.07) is 0. The first-order valence-corrected chi connectivity index (χ1v) is 8.33. The summed E-state index contributed by atoms with van der Waals surface area (Å²) in [6.07, 6.45) is -1.03. The first-order valence-electron chi connectivity index (χ1n) is 8.33. The number of rotatable bonds is 3. The van der Waals surface area contributed by atoms with Crippen LogP contribution in [0.1, 0.15) is 6.23 Å². The van der Waals surface area contributed by atoms with Crippen LogP contribution >= 0.6 is 0 Å². The van der Waals surface area contributed by atoms with Gasteiger partial charge in [0.1, 0.15) is 24.6 Å². The lowest BCUT2D eigenvalue weighted by Crippen LogP contribution is -2.44. The van der Waals surface area contributed by atoms with Crippen molar-refractivity contribution in [3.05, 3.63) is 12.7 Å². The van der Waals surface area contributed by atoms with Gasteiger partial charge in [0.25, 0.3) is 0 Å². The Balaban J connectivity index is 1.68. The van der Waals surface area contributed by atoms with Crippen LogP contribution in [0, 0.1) is 0 Å². The average molecular weight is 350 g/mol. The Labute approximate surface area is 144 Å². The molecule has 4 atom stereocenters. The van der Waals surface area contributed by atoms with Gasteiger partial charge in [0.15, 0.2) is 23.2 Å². The molecule has 2 aliphatic rings. The number of hydrogen-bond donors (Lipinski definition) is 3. The third-order valence-corrected chi connectivity index (χ3v) is 4.93. The molecule has 0 radical (unpaired) electrons. The molecule has 136 valence electrons. The molecule has 0 bridgehead atoms. The Morgan fingerprint density at radius 1 is 1.12 bits per heavy atom. The number of piperazine rings is 1. The van der Waals surface area contributed by atoms with E-state index in [0.29, 0.717) is 11.2 Å². The van der Waals surface area contributed by atoms with Gasteiger partial charge in [0.05, 0.1) is 12.9 Å². The Bertz CT molecular complexity index is 747. The second-order valence-corrected chi connectivity index (χ2v) is 6.54. The van der Waals surface area contributed by atoms with Crippen LogP contribution in [0.15, 0.2) is 12.7 Å². The van der Waals surface area contributed by atoms with Crippen molar-refractivity contribution in [2.24, 2.45) is 0 Å². The van der Waals surface area contributed by atoms with E-state index in [1.54, 1.807) is 4.57 Å². The Kier molecular flexibility index (Phi) is 4.29. The fourth-order valence-electron chi connectivity index (χ4n) is 3.39. The topological polar surface area (TPSA) is 120 Å². The minimum Gasteiger partial charge on any atom is -0.394 e. The highest BCUT2D eigenvalue weighted by Gasteiger charge is 2.44. The normalized spacial score (nSPS) is 31.1. The van der Waals surface area contributed by atoms with Gasteiger partial charge in [-0.2, -0.15) is 0 Å². The first-order chi connectivity index (χ1) is 12.1. The average Bonchev–Trinajstić information content (AvgIpc) is 3.17. The van der Waals surface area contributed by atoms with E-state index in [4.69, 9.17) is 4.74 Å². The molecule has 0 aromatic carbocycles. The summed E-state index contributed by atoms with van der Waals surface area (Å²) in [5.74, 6) is 0.753. The minimum absolute atomic E-state index is 0.372. The summed E-state index contributed by atoms with van der Waals surface area (Å²) >= 11 is 0. The van der Waals surface area contributed by atoms with E-state index in [1.165, 1.54) is 12.7 Å². The van der Waals surface area contributed by atoms with Crippen LogP contribution in [0.25, 0.3) is 11.2 Å². The van der Waals surface area contributed by atoms with E-state index in [-0.39, 0.29) is 6.61 Å². The Hall–Kier alpha value is -1.85. The maximum Gasteiger partial charge on any atom is 0.167 e. The van der Waals surface area contributed by atoms with Crippen LogP contribution in [0.3, 0.4) is 0 Å². The summed E-state index contributed by atoms with van der Waals surface area (Å²) in [6.45, 7) is 3.22. The summed E-state index contributed by atoms with van der Waals surface area (Å²) in [4.78, 5) is 17.5. The molecule has 4 rings (SSSR count). The molecule has 2 aromatic rings. The summed E-state index contributed by atoms with van der Waals surface area (Å²) < 4.78 is 7.16. The van der Waals surface area contributed by atoms with Crippen molar-refractivity contribution in [1.82, 2.24) is 24.4 Å². The molecular weight excluding hydrogens is 328 g/mol. The standard InChI is InChI=1S/C15H22N6O4/c1-19-2-4-20(5-3-19)13-10-14(17-7-16-13)21(8-18-10)15-12(24)11(23)9(6-22)25-15/h7-9,11-12,15,22-24H,2-6H2,1H3/t9-,11-,12-,15-/m1/s1. The number of anilines is 1. The third-order valence-electron chi connectivity index (χ3n) is 4.93. The van der Waals surface area contributed by atoms with Crippen LogP contribution in [0.4, 0.5) is 5.82 Å². The molecule has 0 saturated carbocycles. The van der Waals surface area contributed by atoms with Gasteiger partial charge in [0, 0.05) is 26.2 Å². The van der Waals surface area contributed by atoms with Crippen LogP contribution in [0.5, 0.6) is 0 Å². The third kappa shape index (κ3) is 2.75. The molecule has 10 nitrogen and oxygen atoms in total. The van der Waals surface area contributed by atoms with Crippen molar-refractivity contribution in [2.45, 2.75) is 24.5 Å². The number of likely N-dealkylation sites (N-methyl/N-ethyl adjacent to an activating group) is 1. The van der Waals surface area contributed by atoms with Crippen molar-refractivity contribution < 1.29 is 20.1 Å². The fourth-order valence-corrected chi connectivity index (χ4v) is 3.39. The van der Waals surface area contributed by atoms with Crippen LogP contribution < -0.4 is 4.90 Å². The zero-order valence-corrected chi connectivity index (χ0v) is 13.9. The number of nitrogens with zero attached hydrogens (tertiary/aromatic N) is 6. The molecule has 4 heterocycles. The molecule has 25 heavy (non-hydrogen) atoms. The van der Waals surface area contributed by atoms with Crippen LogP contribution in [-0.4, -0.2) is 97.9 Å². The zero-order chi connectivity index (χ0) is 17.6. The summed E-state index contributed by atoms with van der Waals surface area (Å²) in [5.41, 5.74) is 1.16. The molecule has 10 heteroatoms. The molecule has 3 N–H and O–H groups in total. The van der Waals surface area contributed by atoms with Crippen molar-refractivity contribution in [2.75, 3.05) is 44.7 Å². The second kappa shape index (κ2) is 6.46. The van der Waals surface area contributed by atoms with E-state index in [2.05, 4.69) is 31.8 Å². The van der Waals surface area contributed by atoms with Crippen molar-refractivity contribution >= 4 is 17.0 Å². The Morgan fingerprint density at radius 3 is 2.56 bits per heavy atom. The molecular formula is C15H22N6O4. The predicted molar refractivity (Wildman–Crippen MR) is 88.0 cm³/mol. The highest BCUT2D eigenvalue weighted by Crippen LogP contribution is 2.32. The molecule has 0 amide bonds. The monoisotopic (exact) mass is 350 g/mol. The van der Waals surface area contributed by atoms with Crippen molar-refractivity contribution in [1.29, 1.82) is 0 Å². The van der Waals surface area contributed by atoms with Gasteiger partial charge < -0.3 is 29.9 Å². The largest absolute Gasteiger partial charge is 0.394 e. The SMILES string of the molecule is CN1CCN(c2ncnc3c2ncn3[C@@H]2O[C@H](CO)[C@@H](O)[C@H]2O)CC1. The highest BCUT2D eigenvalue weighted by atomic mass is 16.6. The number of hydrogen-bond acceptors (Lipinski definition) is 9. The molecule has 0 unspecified atom stereocenters. The van der Waals surface area contributed by atoms with Gasteiger partial charge in [-0.05, 0) is 7.05 Å². The van der Waals surface area contributed by atoms with Crippen LogP contribution in [0.2, 0.25) is 0 Å². The first kappa shape index (κ1) is 16.6. The van der Waals surface area contributed by atoms with Crippen molar-refractivity contribution in [3.63, 3.8) is 0 Å². The summed E-state index contributed by atoms with van der Waals surface area (Å²) in [7, 11) is 2.09. The number of ether oxygens (including phenoxy) is 1. The highest BCUT2D eigenvalue weighted by molar-refractivity contribution is 5.83. The van der Waals surface area contributed by atoms with Gasteiger partial charge in [0.2, 0.25) is 0 Å².